The minimum absolute atomic E-state index is 0.135. The quantitative estimate of drug-likeness (QED) is 0.315. The second-order valence-corrected chi connectivity index (χ2v) is 7.92. The standard InChI is InChI=1S/C26H24N2O5/c1-16-6-8-18(9-7-16)24(29)22-23(20-11-10-19(32-2)13-21(20)33-3)28(26(31)25(22)30)15-17-5-4-12-27-14-17/h4-14,22-23H,15H2,1-3H3. The van der Waals surface area contributed by atoms with Gasteiger partial charge in [-0.3, -0.25) is 19.4 Å². The maximum atomic E-state index is 13.5. The zero-order chi connectivity index (χ0) is 23.5. The summed E-state index contributed by atoms with van der Waals surface area (Å²) in [5.74, 6) is -2.03. The summed E-state index contributed by atoms with van der Waals surface area (Å²) >= 11 is 0. The lowest BCUT2D eigenvalue weighted by atomic mass is 9.85. The second kappa shape index (κ2) is 9.24. The van der Waals surface area contributed by atoms with Gasteiger partial charge in [0.15, 0.2) is 5.78 Å². The van der Waals surface area contributed by atoms with Crippen molar-refractivity contribution in [3.05, 3.63) is 89.2 Å². The van der Waals surface area contributed by atoms with Gasteiger partial charge >= 0.3 is 0 Å². The molecule has 168 valence electrons. The third-order valence-electron chi connectivity index (χ3n) is 5.86. The van der Waals surface area contributed by atoms with Gasteiger partial charge in [-0.2, -0.15) is 0 Å². The number of nitrogens with zero attached hydrogens (tertiary/aromatic N) is 2. The molecule has 1 aliphatic heterocycles. The number of likely N-dealkylation sites (tertiary alicyclic amines) is 1. The summed E-state index contributed by atoms with van der Waals surface area (Å²) in [5, 5.41) is 0. The van der Waals surface area contributed by atoms with Crippen LogP contribution in [0, 0.1) is 12.8 Å². The van der Waals surface area contributed by atoms with Crippen LogP contribution in [-0.4, -0.2) is 41.6 Å². The maximum absolute atomic E-state index is 13.5. The number of pyridine rings is 1. The molecular weight excluding hydrogens is 420 g/mol. The van der Waals surface area contributed by atoms with Crippen molar-refractivity contribution in [2.24, 2.45) is 5.92 Å². The van der Waals surface area contributed by atoms with E-state index in [2.05, 4.69) is 4.98 Å². The van der Waals surface area contributed by atoms with Crippen LogP contribution < -0.4 is 9.47 Å². The molecule has 0 saturated carbocycles. The molecule has 1 saturated heterocycles. The number of ketones is 2. The van der Waals surface area contributed by atoms with E-state index in [1.807, 2.05) is 25.1 Å². The smallest absolute Gasteiger partial charge is 0.291 e. The fourth-order valence-corrected chi connectivity index (χ4v) is 4.15. The molecule has 1 aliphatic rings. The molecule has 2 atom stereocenters. The first-order valence-corrected chi connectivity index (χ1v) is 10.5. The van der Waals surface area contributed by atoms with E-state index in [0.717, 1.165) is 11.1 Å². The van der Waals surface area contributed by atoms with Gasteiger partial charge in [0.05, 0.1) is 20.3 Å². The van der Waals surface area contributed by atoms with Crippen LogP contribution in [0.3, 0.4) is 0 Å². The van der Waals surface area contributed by atoms with E-state index in [4.69, 9.17) is 9.47 Å². The summed E-state index contributed by atoms with van der Waals surface area (Å²) < 4.78 is 10.9. The number of ether oxygens (including phenoxy) is 2. The number of carbonyl (C=O) groups excluding carboxylic acids is 3. The summed E-state index contributed by atoms with van der Waals surface area (Å²) in [7, 11) is 3.04. The Morgan fingerprint density at radius 3 is 2.42 bits per heavy atom. The van der Waals surface area contributed by atoms with Crippen LogP contribution in [-0.2, 0) is 16.1 Å². The molecule has 7 nitrogen and oxygen atoms in total. The highest BCUT2D eigenvalue weighted by Crippen LogP contribution is 2.43. The fraction of sp³-hybridized carbons (Fsp3) is 0.231. The average molecular weight is 444 g/mol. The number of Topliss-reactive ketones (excluding diaryl/α,β-unsaturated/α-hetero) is 2. The SMILES string of the molecule is COc1ccc(C2C(C(=O)c3ccc(C)cc3)C(=O)C(=O)N2Cc2cccnc2)c(OC)c1. The van der Waals surface area contributed by atoms with Crippen molar-refractivity contribution in [2.75, 3.05) is 14.2 Å². The van der Waals surface area contributed by atoms with E-state index in [9.17, 15) is 14.4 Å². The van der Waals surface area contributed by atoms with E-state index in [-0.39, 0.29) is 6.54 Å². The van der Waals surface area contributed by atoms with Crippen molar-refractivity contribution in [2.45, 2.75) is 19.5 Å². The number of benzene rings is 2. The number of hydrogen-bond donors (Lipinski definition) is 0. The van der Waals surface area contributed by atoms with Gasteiger partial charge in [-0.15, -0.1) is 0 Å². The van der Waals surface area contributed by atoms with Crippen LogP contribution in [0.2, 0.25) is 0 Å². The molecule has 0 radical (unpaired) electrons. The molecule has 3 aromatic rings. The molecule has 4 rings (SSSR count). The van der Waals surface area contributed by atoms with Gasteiger partial charge in [0.25, 0.3) is 5.91 Å². The van der Waals surface area contributed by atoms with Crippen molar-refractivity contribution in [1.29, 1.82) is 0 Å². The van der Waals surface area contributed by atoms with Crippen LogP contribution in [0.25, 0.3) is 0 Å². The van der Waals surface area contributed by atoms with E-state index >= 15 is 0 Å². The monoisotopic (exact) mass is 444 g/mol. The lowest BCUT2D eigenvalue weighted by molar-refractivity contribution is -0.141. The molecule has 7 heteroatoms. The number of hydrogen-bond acceptors (Lipinski definition) is 6. The topological polar surface area (TPSA) is 85.8 Å². The highest BCUT2D eigenvalue weighted by Gasteiger charge is 2.52. The summed E-state index contributed by atoms with van der Waals surface area (Å²) in [4.78, 5) is 45.4. The first kappa shape index (κ1) is 22.2. The molecule has 1 amide bonds. The Morgan fingerprint density at radius 2 is 1.79 bits per heavy atom. The van der Waals surface area contributed by atoms with Gasteiger partial charge in [-0.05, 0) is 30.7 Å². The molecule has 2 unspecified atom stereocenters. The summed E-state index contributed by atoms with van der Waals surface area (Å²) in [5.41, 5.74) is 2.69. The molecule has 33 heavy (non-hydrogen) atoms. The van der Waals surface area contributed by atoms with Crippen molar-refractivity contribution >= 4 is 17.5 Å². The third kappa shape index (κ3) is 4.22. The largest absolute Gasteiger partial charge is 0.497 e. The number of rotatable bonds is 7. The molecule has 2 heterocycles. The van der Waals surface area contributed by atoms with Gasteiger partial charge in [-0.25, -0.2) is 0 Å². The van der Waals surface area contributed by atoms with Crippen molar-refractivity contribution in [1.82, 2.24) is 9.88 Å². The predicted octanol–water partition coefficient (Wildman–Crippen LogP) is 3.56. The number of aromatic nitrogens is 1. The Kier molecular flexibility index (Phi) is 6.22. The molecular formula is C26H24N2O5. The second-order valence-electron chi connectivity index (χ2n) is 7.92. The maximum Gasteiger partial charge on any atom is 0.291 e. The molecule has 2 aromatic carbocycles. The highest BCUT2D eigenvalue weighted by atomic mass is 16.5. The third-order valence-corrected chi connectivity index (χ3v) is 5.86. The van der Waals surface area contributed by atoms with Gasteiger partial charge in [0.2, 0.25) is 5.78 Å². The molecule has 0 aliphatic carbocycles. The fourth-order valence-electron chi connectivity index (χ4n) is 4.15. The van der Waals surface area contributed by atoms with Crippen LogP contribution in [0.15, 0.2) is 67.0 Å². The lowest BCUT2D eigenvalue weighted by Gasteiger charge is -2.28. The summed E-state index contributed by atoms with van der Waals surface area (Å²) in [6.07, 6.45) is 3.27. The zero-order valence-electron chi connectivity index (χ0n) is 18.6. The van der Waals surface area contributed by atoms with Crippen LogP contribution in [0.5, 0.6) is 11.5 Å². The van der Waals surface area contributed by atoms with Gasteiger partial charge in [0.1, 0.15) is 17.4 Å². The lowest BCUT2D eigenvalue weighted by Crippen LogP contribution is -2.30. The van der Waals surface area contributed by atoms with Crippen LogP contribution in [0.1, 0.15) is 33.1 Å². The van der Waals surface area contributed by atoms with Crippen LogP contribution in [0.4, 0.5) is 0 Å². The number of amides is 1. The van der Waals surface area contributed by atoms with E-state index in [1.54, 1.807) is 48.8 Å². The molecule has 0 bridgehead atoms. The van der Waals surface area contributed by atoms with E-state index in [1.165, 1.54) is 19.1 Å². The van der Waals surface area contributed by atoms with Gasteiger partial charge in [-0.1, -0.05) is 35.9 Å². The Balaban J connectivity index is 1.83. The Hall–Kier alpha value is -4.00. The molecule has 1 aromatic heterocycles. The Labute approximate surface area is 192 Å². The molecule has 0 N–H and O–H groups in total. The Morgan fingerprint density at radius 1 is 1.03 bits per heavy atom. The summed E-state index contributed by atoms with van der Waals surface area (Å²) in [6, 6.07) is 14.9. The minimum atomic E-state index is -1.20. The first-order chi connectivity index (χ1) is 15.9. The van der Waals surface area contributed by atoms with Crippen molar-refractivity contribution in [3.8, 4) is 11.5 Å². The highest BCUT2D eigenvalue weighted by molar-refractivity contribution is 6.44. The normalized spacial score (nSPS) is 17.8. The average Bonchev–Trinajstić information content (AvgIpc) is 3.09. The minimum Gasteiger partial charge on any atom is -0.497 e. The van der Waals surface area contributed by atoms with Crippen molar-refractivity contribution in [3.63, 3.8) is 0 Å². The van der Waals surface area contributed by atoms with Gasteiger partial charge in [0, 0.05) is 36.1 Å². The van der Waals surface area contributed by atoms with Gasteiger partial charge < -0.3 is 14.4 Å². The molecule has 1 fully saturated rings. The Bertz CT molecular complexity index is 1190. The number of carbonyl (C=O) groups is 3. The van der Waals surface area contributed by atoms with Crippen LogP contribution >= 0.6 is 0 Å². The van der Waals surface area contributed by atoms with E-state index in [0.29, 0.717) is 22.6 Å². The first-order valence-electron chi connectivity index (χ1n) is 10.5. The number of methoxy groups -OCH3 is 2. The van der Waals surface area contributed by atoms with Crippen molar-refractivity contribution < 1.29 is 23.9 Å². The molecule has 0 spiro atoms. The van der Waals surface area contributed by atoms with E-state index < -0.39 is 29.4 Å². The zero-order valence-corrected chi connectivity index (χ0v) is 18.6. The predicted molar refractivity (Wildman–Crippen MR) is 121 cm³/mol. The number of aryl methyl sites for hydroxylation is 1. The summed E-state index contributed by atoms with van der Waals surface area (Å²) in [6.45, 7) is 2.05.